The lowest BCUT2D eigenvalue weighted by Gasteiger charge is -2.18. The van der Waals surface area contributed by atoms with Gasteiger partial charge < -0.3 is 0 Å². The molecule has 2 rings (SSSR count). The molecule has 0 aromatic heterocycles. The van der Waals surface area contributed by atoms with Gasteiger partial charge in [0.2, 0.25) is 0 Å². The molecule has 0 amide bonds. The Hall–Kier alpha value is -1.99. The van der Waals surface area contributed by atoms with Crippen LogP contribution in [-0.2, 0) is 6.42 Å². The van der Waals surface area contributed by atoms with Crippen LogP contribution in [0.2, 0.25) is 0 Å². The molecule has 2 aromatic carbocycles. The topological polar surface area (TPSA) is 38.0 Å². The van der Waals surface area contributed by atoms with E-state index in [1.807, 2.05) is 0 Å². The van der Waals surface area contributed by atoms with E-state index in [-0.39, 0.29) is 17.5 Å². The fourth-order valence-corrected chi connectivity index (χ4v) is 2.00. The van der Waals surface area contributed by atoms with Gasteiger partial charge in [0.25, 0.3) is 0 Å². The highest BCUT2D eigenvalue weighted by atomic mass is 19.2. The van der Waals surface area contributed by atoms with Crippen molar-refractivity contribution in [1.29, 1.82) is 0 Å². The van der Waals surface area contributed by atoms with Crippen LogP contribution in [0.25, 0.3) is 0 Å². The van der Waals surface area contributed by atoms with E-state index < -0.39 is 35.1 Å². The van der Waals surface area contributed by atoms with E-state index in [4.69, 9.17) is 5.84 Å². The van der Waals surface area contributed by atoms with Crippen LogP contribution in [-0.4, -0.2) is 0 Å². The van der Waals surface area contributed by atoms with Gasteiger partial charge >= 0.3 is 0 Å². The van der Waals surface area contributed by atoms with Crippen LogP contribution in [0.4, 0.5) is 22.0 Å². The molecule has 0 aliphatic rings. The highest BCUT2D eigenvalue weighted by Gasteiger charge is 2.22. The average Bonchev–Trinajstić information content (AvgIpc) is 2.46. The molecular weight excluding hydrogens is 291 g/mol. The third kappa shape index (κ3) is 3.03. The fourth-order valence-electron chi connectivity index (χ4n) is 2.00. The van der Waals surface area contributed by atoms with Crippen LogP contribution < -0.4 is 11.3 Å². The molecule has 0 spiro atoms. The van der Waals surface area contributed by atoms with Gasteiger partial charge in [0.05, 0.1) is 6.04 Å². The molecule has 0 radical (unpaired) electrons. The van der Waals surface area contributed by atoms with Gasteiger partial charge in [-0.3, -0.25) is 11.3 Å². The van der Waals surface area contributed by atoms with Crippen molar-refractivity contribution < 1.29 is 22.0 Å². The Morgan fingerprint density at radius 2 is 1.48 bits per heavy atom. The SMILES string of the molecule is NNC(Cc1c(F)cccc1F)c1ccc(F)c(F)c1F. The molecule has 1 atom stereocenters. The molecule has 2 nitrogen and oxygen atoms in total. The molecule has 0 fully saturated rings. The smallest absolute Gasteiger partial charge is 0.194 e. The number of benzene rings is 2. The summed E-state index contributed by atoms with van der Waals surface area (Å²) in [6.07, 6.45) is -0.364. The van der Waals surface area contributed by atoms with Gasteiger partial charge in [0.1, 0.15) is 11.6 Å². The van der Waals surface area contributed by atoms with E-state index in [9.17, 15) is 22.0 Å². The van der Waals surface area contributed by atoms with Crippen LogP contribution in [0.3, 0.4) is 0 Å². The molecule has 2 aromatic rings. The lowest BCUT2D eigenvalue weighted by molar-refractivity contribution is 0.421. The molecule has 0 bridgehead atoms. The van der Waals surface area contributed by atoms with E-state index in [1.54, 1.807) is 0 Å². The summed E-state index contributed by atoms with van der Waals surface area (Å²) < 4.78 is 67.0. The lowest BCUT2D eigenvalue weighted by Crippen LogP contribution is -2.31. The Morgan fingerprint density at radius 1 is 0.857 bits per heavy atom. The van der Waals surface area contributed by atoms with E-state index in [0.29, 0.717) is 0 Å². The predicted molar refractivity (Wildman–Crippen MR) is 66.4 cm³/mol. The summed E-state index contributed by atoms with van der Waals surface area (Å²) in [5, 5.41) is 0. The Balaban J connectivity index is 2.40. The number of hydrogen-bond acceptors (Lipinski definition) is 2. The first-order valence-corrected chi connectivity index (χ1v) is 5.98. The van der Waals surface area contributed by atoms with Crippen molar-refractivity contribution >= 4 is 0 Å². The summed E-state index contributed by atoms with van der Waals surface area (Å²) in [6, 6.07) is 3.82. The van der Waals surface area contributed by atoms with Crippen LogP contribution in [0.1, 0.15) is 17.2 Å². The highest BCUT2D eigenvalue weighted by molar-refractivity contribution is 5.28. The van der Waals surface area contributed by atoms with Crippen molar-refractivity contribution in [2.75, 3.05) is 0 Å². The number of hydrogen-bond donors (Lipinski definition) is 2. The predicted octanol–water partition coefficient (Wildman–Crippen LogP) is 3.13. The van der Waals surface area contributed by atoms with E-state index >= 15 is 0 Å². The second-order valence-corrected chi connectivity index (χ2v) is 4.39. The second kappa shape index (κ2) is 6.19. The number of nitrogens with one attached hydrogen (secondary N) is 1. The fraction of sp³-hybridized carbons (Fsp3) is 0.143. The molecule has 7 heteroatoms. The van der Waals surface area contributed by atoms with E-state index in [0.717, 1.165) is 24.3 Å². The summed E-state index contributed by atoms with van der Waals surface area (Å²) >= 11 is 0. The first kappa shape index (κ1) is 15.4. The minimum absolute atomic E-state index is 0.320. The van der Waals surface area contributed by atoms with Crippen molar-refractivity contribution in [3.63, 3.8) is 0 Å². The second-order valence-electron chi connectivity index (χ2n) is 4.39. The van der Waals surface area contributed by atoms with Crippen molar-refractivity contribution in [2.45, 2.75) is 12.5 Å². The average molecular weight is 302 g/mol. The maximum atomic E-state index is 13.7. The third-order valence-corrected chi connectivity index (χ3v) is 3.11. The van der Waals surface area contributed by atoms with Crippen LogP contribution in [0.5, 0.6) is 0 Å². The number of halogens is 5. The number of hydrazine groups is 1. The van der Waals surface area contributed by atoms with Crippen LogP contribution in [0.15, 0.2) is 30.3 Å². The summed E-state index contributed by atoms with van der Waals surface area (Å²) in [5.41, 5.74) is 1.50. The number of rotatable bonds is 4. The van der Waals surface area contributed by atoms with Gasteiger partial charge in [-0.25, -0.2) is 22.0 Å². The van der Waals surface area contributed by atoms with Crippen molar-refractivity contribution in [1.82, 2.24) is 5.43 Å². The molecule has 3 N–H and O–H groups in total. The van der Waals surface area contributed by atoms with Gasteiger partial charge in [-0.05, 0) is 24.6 Å². The van der Waals surface area contributed by atoms with Gasteiger partial charge in [-0.2, -0.15) is 0 Å². The van der Waals surface area contributed by atoms with Gasteiger partial charge in [0, 0.05) is 11.1 Å². The molecule has 0 saturated carbocycles. The van der Waals surface area contributed by atoms with Crippen molar-refractivity contribution in [3.8, 4) is 0 Å². The third-order valence-electron chi connectivity index (χ3n) is 3.11. The Kier molecular flexibility index (Phi) is 4.54. The van der Waals surface area contributed by atoms with E-state index in [1.165, 1.54) is 6.07 Å². The molecular formula is C14H11F5N2. The first-order chi connectivity index (χ1) is 9.95. The Bertz CT molecular complexity index is 640. The molecule has 0 aliphatic carbocycles. The zero-order chi connectivity index (χ0) is 15.6. The Labute approximate surface area is 117 Å². The van der Waals surface area contributed by atoms with Crippen molar-refractivity contribution in [3.05, 3.63) is 70.5 Å². The maximum Gasteiger partial charge on any atom is 0.194 e. The summed E-state index contributed by atoms with van der Waals surface area (Å²) in [5.74, 6) is -0.910. The maximum absolute atomic E-state index is 13.7. The minimum Gasteiger partial charge on any atom is -0.271 e. The van der Waals surface area contributed by atoms with Crippen LogP contribution >= 0.6 is 0 Å². The quantitative estimate of drug-likeness (QED) is 0.394. The van der Waals surface area contributed by atoms with Crippen LogP contribution in [0, 0.1) is 29.1 Å². The minimum atomic E-state index is -1.67. The standard InChI is InChI=1S/C14H11F5N2/c15-9-2-1-3-10(16)8(9)6-12(21-20)7-4-5-11(17)14(19)13(7)18/h1-5,12,21H,6,20H2. The zero-order valence-corrected chi connectivity index (χ0v) is 10.6. The monoisotopic (exact) mass is 302 g/mol. The molecule has 112 valence electrons. The molecule has 21 heavy (non-hydrogen) atoms. The lowest BCUT2D eigenvalue weighted by atomic mass is 9.98. The molecule has 0 aliphatic heterocycles. The molecule has 1 unspecified atom stereocenters. The number of nitrogens with two attached hydrogens (primary N) is 1. The zero-order valence-electron chi connectivity index (χ0n) is 10.6. The molecule has 0 heterocycles. The normalized spacial score (nSPS) is 12.5. The Morgan fingerprint density at radius 3 is 2.05 bits per heavy atom. The van der Waals surface area contributed by atoms with E-state index in [2.05, 4.69) is 5.43 Å². The van der Waals surface area contributed by atoms with Crippen molar-refractivity contribution in [2.24, 2.45) is 5.84 Å². The summed E-state index contributed by atoms with van der Waals surface area (Å²) in [6.45, 7) is 0. The van der Waals surface area contributed by atoms with Gasteiger partial charge in [0.15, 0.2) is 17.5 Å². The first-order valence-electron chi connectivity index (χ1n) is 5.98. The largest absolute Gasteiger partial charge is 0.271 e. The summed E-state index contributed by atoms with van der Waals surface area (Å²) in [7, 11) is 0. The van der Waals surface area contributed by atoms with Gasteiger partial charge in [-0.1, -0.05) is 12.1 Å². The van der Waals surface area contributed by atoms with Gasteiger partial charge in [-0.15, -0.1) is 0 Å². The summed E-state index contributed by atoms with van der Waals surface area (Å²) in [4.78, 5) is 0. The highest BCUT2D eigenvalue weighted by Crippen LogP contribution is 2.25. The molecule has 0 saturated heterocycles.